The van der Waals surface area contributed by atoms with Crippen LogP contribution in [-0.2, 0) is 6.42 Å². The van der Waals surface area contributed by atoms with Crippen LogP contribution in [0.25, 0.3) is 11.6 Å². The third kappa shape index (κ3) is 2.70. The molecule has 0 aliphatic heterocycles. The molecule has 0 aliphatic carbocycles. The van der Waals surface area contributed by atoms with E-state index in [1.54, 1.807) is 18.5 Å². The molecular weight excluding hydrogens is 254 g/mol. The zero-order valence-electron chi connectivity index (χ0n) is 10.7. The monoisotopic (exact) mass is 267 g/mol. The average molecular weight is 267 g/mol. The van der Waals surface area contributed by atoms with Crippen molar-refractivity contribution in [3.05, 3.63) is 60.2 Å². The second-order valence-electron chi connectivity index (χ2n) is 4.31. The molecule has 1 aromatic carbocycles. The van der Waals surface area contributed by atoms with Gasteiger partial charge in [0.2, 0.25) is 17.5 Å². The van der Waals surface area contributed by atoms with Crippen molar-refractivity contribution in [1.29, 1.82) is 0 Å². The topological polar surface area (TPSA) is 90.7 Å². The Bertz CT molecular complexity index is 668. The Labute approximate surface area is 115 Å². The summed E-state index contributed by atoms with van der Waals surface area (Å²) in [5.74, 6) is 1.29. The molecule has 6 heteroatoms. The molecule has 3 rings (SSSR count). The van der Waals surface area contributed by atoms with E-state index in [2.05, 4.69) is 20.1 Å². The number of hydrogen-bond donors (Lipinski definition) is 1. The van der Waals surface area contributed by atoms with Crippen molar-refractivity contribution >= 4 is 0 Å². The predicted octanol–water partition coefficient (Wildman–Crippen LogP) is 1.77. The second kappa shape index (κ2) is 5.58. The van der Waals surface area contributed by atoms with E-state index in [0.717, 1.165) is 5.56 Å². The Morgan fingerprint density at radius 1 is 1.00 bits per heavy atom. The van der Waals surface area contributed by atoms with Gasteiger partial charge >= 0.3 is 0 Å². The first-order valence-corrected chi connectivity index (χ1v) is 6.23. The van der Waals surface area contributed by atoms with Crippen LogP contribution >= 0.6 is 0 Å². The summed E-state index contributed by atoms with van der Waals surface area (Å²) in [7, 11) is 0. The number of aromatic nitrogens is 4. The Hall–Kier alpha value is -2.60. The highest BCUT2D eigenvalue weighted by Gasteiger charge is 2.14. The number of nitrogens with two attached hydrogens (primary N) is 1. The minimum absolute atomic E-state index is 0.179. The second-order valence-corrected chi connectivity index (χ2v) is 4.31. The Balaban J connectivity index is 1.75. The van der Waals surface area contributed by atoms with E-state index < -0.39 is 0 Å². The average Bonchev–Trinajstić information content (AvgIpc) is 2.97. The van der Waals surface area contributed by atoms with E-state index in [9.17, 15) is 0 Å². The van der Waals surface area contributed by atoms with Crippen molar-refractivity contribution < 1.29 is 4.52 Å². The summed E-state index contributed by atoms with van der Waals surface area (Å²) in [4.78, 5) is 12.4. The van der Waals surface area contributed by atoms with Crippen LogP contribution in [0.4, 0.5) is 0 Å². The molecule has 0 amide bonds. The Kier molecular flexibility index (Phi) is 3.47. The molecule has 1 unspecified atom stereocenters. The van der Waals surface area contributed by atoms with Crippen LogP contribution in [0.15, 0.2) is 53.3 Å². The first-order valence-electron chi connectivity index (χ1n) is 6.23. The molecule has 0 saturated carbocycles. The lowest BCUT2D eigenvalue weighted by atomic mass is 10.1. The van der Waals surface area contributed by atoms with Gasteiger partial charge in [-0.2, -0.15) is 4.98 Å². The third-order valence-electron chi connectivity index (χ3n) is 2.86. The van der Waals surface area contributed by atoms with E-state index in [0.29, 0.717) is 24.0 Å². The van der Waals surface area contributed by atoms with Gasteiger partial charge in [-0.25, -0.2) is 9.97 Å². The quantitative estimate of drug-likeness (QED) is 0.774. The van der Waals surface area contributed by atoms with Crippen LogP contribution in [0.5, 0.6) is 0 Å². The third-order valence-corrected chi connectivity index (χ3v) is 2.86. The molecule has 6 nitrogen and oxygen atoms in total. The van der Waals surface area contributed by atoms with Gasteiger partial charge in [0.1, 0.15) is 0 Å². The zero-order valence-corrected chi connectivity index (χ0v) is 10.7. The molecule has 0 spiro atoms. The highest BCUT2D eigenvalue weighted by atomic mass is 16.5. The lowest BCUT2D eigenvalue weighted by Gasteiger charge is -2.08. The molecule has 0 saturated heterocycles. The van der Waals surface area contributed by atoms with Crippen LogP contribution in [0.3, 0.4) is 0 Å². The first-order chi connectivity index (χ1) is 9.83. The van der Waals surface area contributed by atoms with Gasteiger partial charge in [-0.1, -0.05) is 35.5 Å². The van der Waals surface area contributed by atoms with Crippen LogP contribution in [0.2, 0.25) is 0 Å². The molecule has 0 fully saturated rings. The van der Waals surface area contributed by atoms with Gasteiger partial charge in [-0.15, -0.1) is 0 Å². The summed E-state index contributed by atoms with van der Waals surface area (Å²) >= 11 is 0. The van der Waals surface area contributed by atoms with Crippen LogP contribution < -0.4 is 5.73 Å². The van der Waals surface area contributed by atoms with Crippen molar-refractivity contribution in [2.75, 3.05) is 0 Å². The summed E-state index contributed by atoms with van der Waals surface area (Å²) in [6.07, 6.45) is 3.74. The molecule has 1 atom stereocenters. The summed E-state index contributed by atoms with van der Waals surface area (Å²) in [6.45, 7) is 0. The molecule has 2 N–H and O–H groups in total. The maximum Gasteiger partial charge on any atom is 0.240 e. The summed E-state index contributed by atoms with van der Waals surface area (Å²) in [5.41, 5.74) is 7.15. The minimum atomic E-state index is -0.179. The Morgan fingerprint density at radius 3 is 2.50 bits per heavy atom. The van der Waals surface area contributed by atoms with Crippen LogP contribution in [-0.4, -0.2) is 20.1 Å². The van der Waals surface area contributed by atoms with Crippen molar-refractivity contribution in [2.45, 2.75) is 12.5 Å². The van der Waals surface area contributed by atoms with Gasteiger partial charge in [0.05, 0.1) is 0 Å². The lowest BCUT2D eigenvalue weighted by molar-refractivity contribution is 0.370. The van der Waals surface area contributed by atoms with Crippen molar-refractivity contribution in [3.63, 3.8) is 0 Å². The smallest absolute Gasteiger partial charge is 0.240 e. The lowest BCUT2D eigenvalue weighted by Crippen LogP contribution is -2.13. The molecule has 3 aromatic rings. The summed E-state index contributed by atoms with van der Waals surface area (Å²) in [6, 6.07) is 11.4. The number of benzene rings is 1. The van der Waals surface area contributed by atoms with Gasteiger partial charge < -0.3 is 10.3 Å². The normalized spacial score (nSPS) is 12.2. The van der Waals surface area contributed by atoms with E-state index in [1.807, 2.05) is 30.3 Å². The first kappa shape index (κ1) is 12.4. The molecule has 2 heterocycles. The maximum absolute atomic E-state index is 6.12. The SMILES string of the molecule is NC(Cc1nc(-c2ncccn2)no1)c1ccccc1. The molecule has 0 aliphatic rings. The van der Waals surface area contributed by atoms with Crippen molar-refractivity contribution in [1.82, 2.24) is 20.1 Å². The number of rotatable bonds is 4. The number of hydrogen-bond acceptors (Lipinski definition) is 6. The van der Waals surface area contributed by atoms with Gasteiger partial charge in [-0.3, -0.25) is 0 Å². The fraction of sp³-hybridized carbons (Fsp3) is 0.143. The molecule has 2 aromatic heterocycles. The van der Waals surface area contributed by atoms with E-state index in [4.69, 9.17) is 10.3 Å². The molecule has 0 radical (unpaired) electrons. The van der Waals surface area contributed by atoms with Gasteiger partial charge in [0.25, 0.3) is 0 Å². The van der Waals surface area contributed by atoms with Gasteiger partial charge in [0.15, 0.2) is 0 Å². The van der Waals surface area contributed by atoms with Crippen molar-refractivity contribution in [3.8, 4) is 11.6 Å². The summed E-state index contributed by atoms with van der Waals surface area (Å²) < 4.78 is 5.19. The highest BCUT2D eigenvalue weighted by Crippen LogP contribution is 2.16. The van der Waals surface area contributed by atoms with Crippen LogP contribution in [0.1, 0.15) is 17.5 Å². The Morgan fingerprint density at radius 2 is 1.75 bits per heavy atom. The van der Waals surface area contributed by atoms with E-state index in [1.165, 1.54) is 0 Å². The van der Waals surface area contributed by atoms with Crippen molar-refractivity contribution in [2.24, 2.45) is 5.73 Å². The maximum atomic E-state index is 6.12. The largest absolute Gasteiger partial charge is 0.339 e. The highest BCUT2D eigenvalue weighted by molar-refractivity contribution is 5.40. The fourth-order valence-electron chi connectivity index (χ4n) is 1.85. The zero-order chi connectivity index (χ0) is 13.8. The van der Waals surface area contributed by atoms with Gasteiger partial charge in [-0.05, 0) is 11.6 Å². The van der Waals surface area contributed by atoms with Crippen LogP contribution in [0, 0.1) is 0 Å². The predicted molar refractivity (Wildman–Crippen MR) is 72.4 cm³/mol. The molecular formula is C14H13N5O. The number of nitrogens with zero attached hydrogens (tertiary/aromatic N) is 4. The standard InChI is InChI=1S/C14H13N5O/c15-11(10-5-2-1-3-6-10)9-12-18-14(19-20-12)13-16-7-4-8-17-13/h1-8,11H,9,15H2. The summed E-state index contributed by atoms with van der Waals surface area (Å²) in [5, 5.41) is 3.87. The minimum Gasteiger partial charge on any atom is -0.339 e. The molecule has 20 heavy (non-hydrogen) atoms. The fourth-order valence-corrected chi connectivity index (χ4v) is 1.85. The van der Waals surface area contributed by atoms with Gasteiger partial charge in [0, 0.05) is 24.9 Å². The molecule has 100 valence electrons. The molecule has 0 bridgehead atoms. The van der Waals surface area contributed by atoms with E-state index in [-0.39, 0.29) is 6.04 Å². The van der Waals surface area contributed by atoms with E-state index >= 15 is 0 Å².